The van der Waals surface area contributed by atoms with Gasteiger partial charge in [0, 0.05) is 12.5 Å². The molecule has 0 aromatic heterocycles. The van der Waals surface area contributed by atoms with Crippen molar-refractivity contribution in [3.05, 3.63) is 28.8 Å². The van der Waals surface area contributed by atoms with Gasteiger partial charge in [0.05, 0.1) is 17.2 Å². The van der Waals surface area contributed by atoms with E-state index < -0.39 is 0 Å². The molecule has 1 aromatic carbocycles. The number of ketones is 1. The van der Waals surface area contributed by atoms with E-state index in [9.17, 15) is 4.79 Å². The van der Waals surface area contributed by atoms with Crippen LogP contribution in [0.4, 0.5) is 0 Å². The molecule has 0 amide bonds. The van der Waals surface area contributed by atoms with Crippen LogP contribution in [0.2, 0.25) is 5.02 Å². The number of benzene rings is 1. The third kappa shape index (κ3) is 4.88. The molecular formula is C13H14ClNO2. The van der Waals surface area contributed by atoms with Crippen LogP contribution in [0, 0.1) is 11.3 Å². The first-order chi connectivity index (χ1) is 8.13. The Labute approximate surface area is 106 Å². The van der Waals surface area contributed by atoms with Crippen molar-refractivity contribution in [3.8, 4) is 11.8 Å². The summed E-state index contributed by atoms with van der Waals surface area (Å²) in [6.07, 6.45) is 2.26. The van der Waals surface area contributed by atoms with E-state index in [4.69, 9.17) is 21.6 Å². The normalized spacial score (nSPS) is 9.71. The predicted octanol–water partition coefficient (Wildman–Crippen LogP) is 3.35. The first-order valence-electron chi connectivity index (χ1n) is 5.45. The molecular weight excluding hydrogens is 238 g/mol. The van der Waals surface area contributed by atoms with Crippen LogP contribution < -0.4 is 4.74 Å². The van der Waals surface area contributed by atoms with Crippen LogP contribution in [0.15, 0.2) is 18.2 Å². The Morgan fingerprint density at radius 2 is 2.24 bits per heavy atom. The Kier molecular flexibility index (Phi) is 5.51. The molecule has 0 spiro atoms. The van der Waals surface area contributed by atoms with Crippen molar-refractivity contribution in [2.24, 2.45) is 0 Å². The first kappa shape index (κ1) is 13.5. The van der Waals surface area contributed by atoms with E-state index in [0.29, 0.717) is 29.4 Å². The quantitative estimate of drug-likeness (QED) is 0.729. The lowest BCUT2D eigenvalue weighted by Gasteiger charge is -2.06. The molecule has 0 saturated heterocycles. The topological polar surface area (TPSA) is 50.1 Å². The number of ether oxygens (including phenoxy) is 1. The maximum Gasteiger partial charge on any atom is 0.129 e. The van der Waals surface area contributed by atoms with E-state index in [1.54, 1.807) is 25.1 Å². The molecule has 1 rings (SSSR count). The molecule has 90 valence electrons. The van der Waals surface area contributed by atoms with Gasteiger partial charge in [-0.2, -0.15) is 5.26 Å². The van der Waals surface area contributed by atoms with Gasteiger partial charge in [0.25, 0.3) is 0 Å². The van der Waals surface area contributed by atoms with E-state index in [-0.39, 0.29) is 5.78 Å². The molecule has 0 aliphatic rings. The van der Waals surface area contributed by atoms with Crippen molar-refractivity contribution < 1.29 is 9.53 Å². The highest BCUT2D eigenvalue weighted by Gasteiger charge is 2.01. The van der Waals surface area contributed by atoms with E-state index >= 15 is 0 Å². The van der Waals surface area contributed by atoms with Crippen LogP contribution in [-0.2, 0) is 4.79 Å². The lowest BCUT2D eigenvalue weighted by atomic mass is 10.2. The Morgan fingerprint density at radius 3 is 2.82 bits per heavy atom. The zero-order valence-electron chi connectivity index (χ0n) is 9.70. The fourth-order valence-corrected chi connectivity index (χ4v) is 1.56. The van der Waals surface area contributed by atoms with Gasteiger partial charge in [0.15, 0.2) is 0 Å². The molecule has 0 unspecified atom stereocenters. The number of halogens is 1. The first-order valence-corrected chi connectivity index (χ1v) is 5.83. The van der Waals surface area contributed by atoms with Crippen LogP contribution in [0.5, 0.6) is 5.75 Å². The monoisotopic (exact) mass is 251 g/mol. The molecule has 0 N–H and O–H groups in total. The van der Waals surface area contributed by atoms with Gasteiger partial charge in [-0.25, -0.2) is 0 Å². The minimum atomic E-state index is 0.200. The smallest absolute Gasteiger partial charge is 0.129 e. The van der Waals surface area contributed by atoms with Crippen molar-refractivity contribution in [1.29, 1.82) is 5.26 Å². The van der Waals surface area contributed by atoms with E-state index in [2.05, 4.69) is 0 Å². The maximum absolute atomic E-state index is 10.7. The molecule has 0 atom stereocenters. The number of nitriles is 1. The average Bonchev–Trinajstić information content (AvgIpc) is 2.28. The number of rotatable bonds is 6. The Morgan fingerprint density at radius 1 is 1.47 bits per heavy atom. The summed E-state index contributed by atoms with van der Waals surface area (Å²) in [7, 11) is 0. The number of hydrogen-bond acceptors (Lipinski definition) is 3. The second-order valence-electron chi connectivity index (χ2n) is 3.76. The van der Waals surface area contributed by atoms with Gasteiger partial charge in [-0.3, -0.25) is 0 Å². The third-order valence-electron chi connectivity index (χ3n) is 2.25. The zero-order valence-corrected chi connectivity index (χ0v) is 10.5. The molecule has 0 aliphatic carbocycles. The van der Waals surface area contributed by atoms with Crippen LogP contribution in [0.3, 0.4) is 0 Å². The van der Waals surface area contributed by atoms with Gasteiger partial charge in [0.2, 0.25) is 0 Å². The SMILES string of the molecule is CC(=O)CCCCOc1ccc(C#N)c(Cl)c1. The van der Waals surface area contributed by atoms with E-state index in [1.807, 2.05) is 6.07 Å². The van der Waals surface area contributed by atoms with Gasteiger partial charge >= 0.3 is 0 Å². The van der Waals surface area contributed by atoms with Crippen LogP contribution in [0.1, 0.15) is 31.7 Å². The second-order valence-corrected chi connectivity index (χ2v) is 4.17. The molecule has 0 bridgehead atoms. The van der Waals surface area contributed by atoms with Gasteiger partial charge in [-0.15, -0.1) is 0 Å². The molecule has 3 nitrogen and oxygen atoms in total. The summed E-state index contributed by atoms with van der Waals surface area (Å²) < 4.78 is 5.46. The summed E-state index contributed by atoms with van der Waals surface area (Å²) in [5.41, 5.74) is 0.440. The minimum absolute atomic E-state index is 0.200. The number of carbonyl (C=O) groups is 1. The zero-order chi connectivity index (χ0) is 12.7. The van der Waals surface area contributed by atoms with Gasteiger partial charge in [-0.1, -0.05) is 11.6 Å². The van der Waals surface area contributed by atoms with Gasteiger partial charge < -0.3 is 9.53 Å². The summed E-state index contributed by atoms with van der Waals surface area (Å²) in [5, 5.41) is 9.10. The minimum Gasteiger partial charge on any atom is -0.494 e. The van der Waals surface area contributed by atoms with Crippen LogP contribution in [0.25, 0.3) is 0 Å². The molecule has 4 heteroatoms. The Hall–Kier alpha value is -1.53. The molecule has 0 fully saturated rings. The lowest BCUT2D eigenvalue weighted by molar-refractivity contribution is -0.117. The third-order valence-corrected chi connectivity index (χ3v) is 2.57. The molecule has 0 heterocycles. The number of nitrogens with zero attached hydrogens (tertiary/aromatic N) is 1. The van der Waals surface area contributed by atoms with Crippen molar-refractivity contribution >= 4 is 17.4 Å². The maximum atomic E-state index is 10.7. The van der Waals surface area contributed by atoms with Crippen LogP contribution >= 0.6 is 11.6 Å². The van der Waals surface area contributed by atoms with Crippen molar-refractivity contribution in [2.75, 3.05) is 6.61 Å². The fraction of sp³-hybridized carbons (Fsp3) is 0.385. The molecule has 17 heavy (non-hydrogen) atoms. The molecule has 0 aliphatic heterocycles. The molecule has 1 aromatic rings. The number of unbranched alkanes of at least 4 members (excludes halogenated alkanes) is 1. The fourth-order valence-electron chi connectivity index (χ4n) is 1.34. The highest BCUT2D eigenvalue weighted by atomic mass is 35.5. The van der Waals surface area contributed by atoms with Crippen LogP contribution in [-0.4, -0.2) is 12.4 Å². The van der Waals surface area contributed by atoms with E-state index in [1.165, 1.54) is 0 Å². The highest BCUT2D eigenvalue weighted by molar-refractivity contribution is 6.31. The Balaban J connectivity index is 2.35. The average molecular weight is 252 g/mol. The van der Waals surface area contributed by atoms with Crippen molar-refractivity contribution in [3.63, 3.8) is 0 Å². The summed E-state index contributed by atoms with van der Waals surface area (Å²) >= 11 is 5.86. The van der Waals surface area contributed by atoms with Gasteiger partial charge in [-0.05, 0) is 31.9 Å². The second kappa shape index (κ2) is 6.93. The standard InChI is InChI=1S/C13H14ClNO2/c1-10(16)4-2-3-7-17-12-6-5-11(9-15)13(14)8-12/h5-6,8H,2-4,7H2,1H3. The van der Waals surface area contributed by atoms with Crippen molar-refractivity contribution in [1.82, 2.24) is 0 Å². The summed E-state index contributed by atoms with van der Waals surface area (Å²) in [6.45, 7) is 2.14. The number of hydrogen-bond donors (Lipinski definition) is 0. The highest BCUT2D eigenvalue weighted by Crippen LogP contribution is 2.22. The summed E-state index contributed by atoms with van der Waals surface area (Å²) in [4.78, 5) is 10.7. The predicted molar refractivity (Wildman–Crippen MR) is 66.2 cm³/mol. The summed E-state index contributed by atoms with van der Waals surface area (Å²) in [6, 6.07) is 6.97. The van der Waals surface area contributed by atoms with E-state index in [0.717, 1.165) is 12.8 Å². The molecule has 0 saturated carbocycles. The lowest BCUT2D eigenvalue weighted by Crippen LogP contribution is -1.99. The molecule has 0 radical (unpaired) electrons. The number of carbonyl (C=O) groups excluding carboxylic acids is 1. The summed E-state index contributed by atoms with van der Waals surface area (Å²) in [5.74, 6) is 0.850. The van der Waals surface area contributed by atoms with Gasteiger partial charge in [0.1, 0.15) is 17.6 Å². The number of Topliss-reactive ketones (excluding diaryl/α,β-unsaturated/α-hetero) is 1. The Bertz CT molecular complexity index is 438. The van der Waals surface area contributed by atoms with Crippen molar-refractivity contribution in [2.45, 2.75) is 26.2 Å². The largest absolute Gasteiger partial charge is 0.494 e.